The lowest BCUT2D eigenvalue weighted by atomic mass is 10.1. The van der Waals surface area contributed by atoms with Crippen LogP contribution in [-0.2, 0) is 21.2 Å². The van der Waals surface area contributed by atoms with Gasteiger partial charge < -0.3 is 10.1 Å². The van der Waals surface area contributed by atoms with Crippen LogP contribution in [0.1, 0.15) is 32.3 Å². The summed E-state index contributed by atoms with van der Waals surface area (Å²) in [5.41, 5.74) is 1.09. The Morgan fingerprint density at radius 1 is 1.10 bits per heavy atom. The summed E-state index contributed by atoms with van der Waals surface area (Å²) in [6.07, 6.45) is 1.45. The smallest absolute Gasteiger partial charge is 0.242 e. The zero-order valence-electron chi connectivity index (χ0n) is 17.6. The van der Waals surface area contributed by atoms with Crippen molar-refractivity contribution >= 4 is 15.9 Å². The lowest BCUT2D eigenvalue weighted by Gasteiger charge is -2.17. The van der Waals surface area contributed by atoms with Crippen LogP contribution in [0.5, 0.6) is 5.75 Å². The van der Waals surface area contributed by atoms with Gasteiger partial charge in [-0.25, -0.2) is 17.1 Å². The Bertz CT molecular complexity index is 913. The minimum absolute atomic E-state index is 0.0284. The maximum absolute atomic E-state index is 13.0. The van der Waals surface area contributed by atoms with Crippen molar-refractivity contribution in [2.45, 2.75) is 44.1 Å². The zero-order valence-corrected chi connectivity index (χ0v) is 18.4. The number of nitrogens with zero attached hydrogens (tertiary/aromatic N) is 1. The van der Waals surface area contributed by atoms with Crippen molar-refractivity contribution in [3.05, 3.63) is 59.9 Å². The van der Waals surface area contributed by atoms with Crippen molar-refractivity contribution in [3.8, 4) is 5.75 Å². The predicted molar refractivity (Wildman–Crippen MR) is 114 cm³/mol. The van der Waals surface area contributed by atoms with Gasteiger partial charge in [-0.15, -0.1) is 0 Å². The molecule has 0 bridgehead atoms. The van der Waals surface area contributed by atoms with Crippen LogP contribution >= 0.6 is 0 Å². The number of carbonyl (C=O) groups excluding carboxylic acids is 1. The highest BCUT2D eigenvalue weighted by Gasteiger charge is 2.20. The Labute approximate surface area is 178 Å². The topological polar surface area (TPSA) is 75.7 Å². The van der Waals surface area contributed by atoms with Gasteiger partial charge in [0.2, 0.25) is 15.9 Å². The van der Waals surface area contributed by atoms with Gasteiger partial charge in [0.1, 0.15) is 11.6 Å². The van der Waals surface area contributed by atoms with Crippen LogP contribution < -0.4 is 10.1 Å². The average molecular weight is 437 g/mol. The van der Waals surface area contributed by atoms with Gasteiger partial charge in [-0.2, -0.15) is 0 Å². The molecular weight excluding hydrogens is 407 g/mol. The third-order valence-electron chi connectivity index (χ3n) is 4.43. The molecule has 0 aliphatic carbocycles. The van der Waals surface area contributed by atoms with E-state index in [4.69, 9.17) is 4.74 Å². The molecular formula is C22H29FN2O4S. The van der Waals surface area contributed by atoms with Crippen LogP contribution in [-0.4, -0.2) is 44.9 Å². The maximum Gasteiger partial charge on any atom is 0.242 e. The quantitative estimate of drug-likeness (QED) is 0.586. The number of carbonyl (C=O) groups is 1. The fraction of sp³-hybridized carbons (Fsp3) is 0.409. The molecule has 8 heteroatoms. The minimum Gasteiger partial charge on any atom is -0.491 e. The molecule has 0 unspecified atom stereocenters. The molecule has 6 nitrogen and oxygen atoms in total. The zero-order chi connectivity index (χ0) is 22.1. The van der Waals surface area contributed by atoms with Gasteiger partial charge in [-0.1, -0.05) is 12.1 Å². The summed E-state index contributed by atoms with van der Waals surface area (Å²) in [4.78, 5) is 12.0. The van der Waals surface area contributed by atoms with Gasteiger partial charge in [0.25, 0.3) is 0 Å². The lowest BCUT2D eigenvalue weighted by molar-refractivity contribution is -0.121. The van der Waals surface area contributed by atoms with E-state index in [1.165, 1.54) is 23.5 Å². The van der Waals surface area contributed by atoms with Crippen LogP contribution in [0, 0.1) is 5.82 Å². The van der Waals surface area contributed by atoms with E-state index >= 15 is 0 Å². The van der Waals surface area contributed by atoms with Crippen molar-refractivity contribution in [1.82, 2.24) is 9.62 Å². The molecule has 2 rings (SSSR count). The summed E-state index contributed by atoms with van der Waals surface area (Å²) in [7, 11) is -2.25. The van der Waals surface area contributed by atoms with Crippen LogP contribution in [0.25, 0.3) is 0 Å². The van der Waals surface area contributed by atoms with E-state index in [-0.39, 0.29) is 29.9 Å². The molecule has 2 aromatic rings. The monoisotopic (exact) mass is 436 g/mol. The molecule has 0 aliphatic rings. The summed E-state index contributed by atoms with van der Waals surface area (Å²) in [6, 6.07) is 12.4. The molecule has 0 spiro atoms. The maximum atomic E-state index is 13.0. The number of nitrogens with one attached hydrogen (secondary N) is 1. The molecule has 1 amide bonds. The largest absolute Gasteiger partial charge is 0.491 e. The van der Waals surface area contributed by atoms with Gasteiger partial charge >= 0.3 is 0 Å². The summed E-state index contributed by atoms with van der Waals surface area (Å²) in [6.45, 7) is 4.65. The highest BCUT2D eigenvalue weighted by Crippen LogP contribution is 2.16. The van der Waals surface area contributed by atoms with Crippen LogP contribution in [0.3, 0.4) is 0 Å². The normalized spacial score (nSPS) is 11.7. The van der Waals surface area contributed by atoms with Crippen LogP contribution in [0.4, 0.5) is 4.39 Å². The Kier molecular flexibility index (Phi) is 8.80. The number of sulfonamides is 1. The predicted octanol–water partition coefficient (Wildman–Crippen LogP) is 3.37. The van der Waals surface area contributed by atoms with Crippen LogP contribution in [0.2, 0.25) is 0 Å². The van der Waals surface area contributed by atoms with Gasteiger partial charge in [0, 0.05) is 26.6 Å². The first-order valence-electron chi connectivity index (χ1n) is 9.92. The van der Waals surface area contributed by atoms with Crippen molar-refractivity contribution in [2.75, 3.05) is 20.1 Å². The second kappa shape index (κ2) is 11.1. The average Bonchev–Trinajstić information content (AvgIpc) is 2.69. The van der Waals surface area contributed by atoms with Crippen molar-refractivity contribution in [3.63, 3.8) is 0 Å². The Morgan fingerprint density at radius 2 is 1.73 bits per heavy atom. The van der Waals surface area contributed by atoms with Crippen molar-refractivity contribution < 1.29 is 22.3 Å². The Morgan fingerprint density at radius 3 is 2.33 bits per heavy atom. The third-order valence-corrected chi connectivity index (χ3v) is 6.30. The molecule has 0 aliphatic heterocycles. The van der Waals surface area contributed by atoms with Gasteiger partial charge in [0.05, 0.1) is 11.0 Å². The van der Waals surface area contributed by atoms with Gasteiger partial charge in [-0.05, 0) is 68.7 Å². The molecule has 0 aromatic heterocycles. The SMILES string of the molecule is CC(C)Oc1ccc(CCNC(=O)CCCN(C)S(=O)(=O)c2ccc(F)cc2)cc1. The number of hydrogen-bond acceptors (Lipinski definition) is 4. The Balaban J connectivity index is 1.70. The van der Waals surface area contributed by atoms with Gasteiger partial charge in [0.15, 0.2) is 0 Å². The van der Waals surface area contributed by atoms with Crippen molar-refractivity contribution in [2.24, 2.45) is 0 Å². The van der Waals surface area contributed by atoms with E-state index in [1.807, 2.05) is 38.1 Å². The number of amides is 1. The molecule has 30 heavy (non-hydrogen) atoms. The first-order valence-corrected chi connectivity index (χ1v) is 11.4. The lowest BCUT2D eigenvalue weighted by Crippen LogP contribution is -2.30. The number of benzene rings is 2. The summed E-state index contributed by atoms with van der Waals surface area (Å²) in [5, 5.41) is 2.85. The summed E-state index contributed by atoms with van der Waals surface area (Å²) in [5.74, 6) is 0.202. The first-order chi connectivity index (χ1) is 14.2. The molecule has 1 N–H and O–H groups in total. The fourth-order valence-electron chi connectivity index (χ4n) is 2.81. The molecule has 0 radical (unpaired) electrons. The highest BCUT2D eigenvalue weighted by molar-refractivity contribution is 7.89. The van der Waals surface area contributed by atoms with E-state index in [0.29, 0.717) is 19.4 Å². The molecule has 0 saturated heterocycles. The van der Waals surface area contributed by atoms with E-state index in [2.05, 4.69) is 5.32 Å². The number of rotatable bonds is 11. The van der Waals surface area contributed by atoms with E-state index in [0.717, 1.165) is 23.4 Å². The first kappa shape index (κ1) is 23.8. The molecule has 0 saturated carbocycles. The highest BCUT2D eigenvalue weighted by atomic mass is 32.2. The molecule has 0 heterocycles. The van der Waals surface area contributed by atoms with E-state index in [1.54, 1.807) is 0 Å². The summed E-state index contributed by atoms with van der Waals surface area (Å²) >= 11 is 0. The number of halogens is 1. The number of ether oxygens (including phenoxy) is 1. The molecule has 2 aromatic carbocycles. The Hall–Kier alpha value is -2.45. The van der Waals surface area contributed by atoms with Crippen LogP contribution in [0.15, 0.2) is 53.4 Å². The third kappa shape index (κ3) is 7.42. The second-order valence-corrected chi connectivity index (χ2v) is 9.34. The molecule has 0 atom stereocenters. The molecule has 0 fully saturated rings. The van der Waals surface area contributed by atoms with Gasteiger partial charge in [-0.3, -0.25) is 4.79 Å². The van der Waals surface area contributed by atoms with Crippen molar-refractivity contribution in [1.29, 1.82) is 0 Å². The van der Waals surface area contributed by atoms with E-state index in [9.17, 15) is 17.6 Å². The molecule has 164 valence electrons. The standard InChI is InChI=1S/C22H29FN2O4S/c1-17(2)29-20-10-6-18(7-11-20)14-15-24-22(26)5-4-16-25(3)30(27,28)21-12-8-19(23)9-13-21/h6-13,17H,4-5,14-16H2,1-3H3,(H,24,26). The fourth-order valence-corrected chi connectivity index (χ4v) is 4.02. The van der Waals surface area contributed by atoms with E-state index < -0.39 is 15.8 Å². The minimum atomic E-state index is -3.69. The second-order valence-electron chi connectivity index (χ2n) is 7.29. The summed E-state index contributed by atoms with van der Waals surface area (Å²) < 4.78 is 44.6. The number of hydrogen-bond donors (Lipinski definition) is 1.